The molecule has 0 aliphatic heterocycles. The van der Waals surface area contributed by atoms with E-state index in [1.165, 1.54) is 5.56 Å². The predicted molar refractivity (Wildman–Crippen MR) is 67.1 cm³/mol. The molecule has 0 saturated heterocycles. The molecular weight excluding hydrogens is 279 g/mol. The third-order valence-corrected chi connectivity index (χ3v) is 1.59. The number of hydrogen-bond acceptors (Lipinski definition) is 1. The average molecular weight is 292 g/mol. The van der Waals surface area contributed by atoms with Crippen molar-refractivity contribution >= 4 is 18.6 Å². The average Bonchev–Trinajstić information content (AvgIpc) is 2.82. The van der Waals surface area contributed by atoms with E-state index < -0.39 is 17.0 Å². The van der Waals surface area contributed by atoms with E-state index in [9.17, 15) is 0 Å². The third kappa shape index (κ3) is 10.3. The third-order valence-electron chi connectivity index (χ3n) is 1.59. The molecule has 1 aromatic carbocycles. The molecule has 0 atom stereocenters. The summed E-state index contributed by atoms with van der Waals surface area (Å²) in [5, 5.41) is 8.76. The molecular formula is C12H13Cl2OTi. The second-order valence-corrected chi connectivity index (χ2v) is 5.45. The first-order valence-corrected chi connectivity index (χ1v) is 8.89. The van der Waals surface area contributed by atoms with E-state index >= 15 is 0 Å². The Bertz CT molecular complexity index is 289. The van der Waals surface area contributed by atoms with Crippen LogP contribution in [0.1, 0.15) is 5.56 Å². The van der Waals surface area contributed by atoms with Crippen molar-refractivity contribution in [3.05, 3.63) is 60.6 Å². The summed E-state index contributed by atoms with van der Waals surface area (Å²) in [7, 11) is 9.78. The zero-order chi connectivity index (χ0) is 12.2. The van der Waals surface area contributed by atoms with Crippen molar-refractivity contribution in [2.45, 2.75) is 6.92 Å². The minimum atomic E-state index is -0.556. The van der Waals surface area contributed by atoms with Crippen LogP contribution in [0.5, 0.6) is 5.75 Å². The first-order chi connectivity index (χ1) is 7.70. The number of aromatic hydroxyl groups is 1. The fourth-order valence-electron chi connectivity index (χ4n) is 0.866. The molecule has 0 spiro atoms. The molecule has 4 heteroatoms. The summed E-state index contributed by atoms with van der Waals surface area (Å²) >= 11 is -0.556. The van der Waals surface area contributed by atoms with Crippen molar-refractivity contribution < 1.29 is 22.1 Å². The van der Waals surface area contributed by atoms with Crippen LogP contribution in [0, 0.1) is 13.3 Å². The molecule has 1 N–H and O–H groups in total. The van der Waals surface area contributed by atoms with Gasteiger partial charge in [-0.1, -0.05) is 42.0 Å². The van der Waals surface area contributed by atoms with Crippen molar-refractivity contribution in [1.82, 2.24) is 0 Å². The maximum atomic E-state index is 8.76. The summed E-state index contributed by atoms with van der Waals surface area (Å²) in [6, 6.07) is 7.09. The van der Waals surface area contributed by atoms with E-state index in [4.69, 9.17) is 23.7 Å². The van der Waals surface area contributed by atoms with Crippen LogP contribution in [0.4, 0.5) is 0 Å². The molecule has 1 aromatic rings. The van der Waals surface area contributed by atoms with Gasteiger partial charge in [0.25, 0.3) is 0 Å². The van der Waals surface area contributed by atoms with E-state index in [1.54, 1.807) is 12.1 Å². The Morgan fingerprint density at radius 3 is 1.62 bits per heavy atom. The Labute approximate surface area is 113 Å². The summed E-state index contributed by atoms with van der Waals surface area (Å²) in [5.74, 6) is 0.329. The number of halogens is 2. The molecule has 0 heterocycles. The van der Waals surface area contributed by atoms with E-state index in [2.05, 4.69) is 0 Å². The molecule has 0 saturated carbocycles. The first kappa shape index (κ1) is 15.8. The molecule has 2 rings (SSSR count). The van der Waals surface area contributed by atoms with Crippen LogP contribution in [0.3, 0.4) is 0 Å². The van der Waals surface area contributed by atoms with Gasteiger partial charge in [0.05, 0.1) is 0 Å². The van der Waals surface area contributed by atoms with E-state index in [1.807, 2.05) is 49.8 Å². The summed E-state index contributed by atoms with van der Waals surface area (Å²) < 4.78 is 0. The second kappa shape index (κ2) is 11.3. The normalized spacial score (nSPS) is 10.9. The van der Waals surface area contributed by atoms with Crippen molar-refractivity contribution in [2.75, 3.05) is 0 Å². The topological polar surface area (TPSA) is 20.2 Å². The van der Waals surface area contributed by atoms with E-state index in [0.29, 0.717) is 5.75 Å². The van der Waals surface area contributed by atoms with Gasteiger partial charge in [-0.2, -0.15) is 0 Å². The Hall–Kier alpha value is -0.206. The van der Waals surface area contributed by atoms with E-state index in [0.717, 1.165) is 0 Å². The summed E-state index contributed by atoms with van der Waals surface area (Å²) in [4.78, 5) is 0. The molecule has 1 aliphatic rings. The van der Waals surface area contributed by atoms with Crippen molar-refractivity contribution in [2.24, 2.45) is 0 Å². The number of phenolic OH excluding ortho intramolecular Hbond substituents is 1. The predicted octanol–water partition coefficient (Wildman–Crippen LogP) is 4.39. The van der Waals surface area contributed by atoms with Gasteiger partial charge in [0.2, 0.25) is 0 Å². The Morgan fingerprint density at radius 1 is 0.938 bits per heavy atom. The zero-order valence-corrected chi connectivity index (χ0v) is 12.0. The molecule has 1 radical (unpaired) electrons. The van der Waals surface area contributed by atoms with Gasteiger partial charge in [-0.05, 0) is 19.1 Å². The minimum absolute atomic E-state index is 0.329. The summed E-state index contributed by atoms with van der Waals surface area (Å²) in [6.45, 7) is 1.99. The number of aryl methyl sites for hydroxylation is 1. The fourth-order valence-corrected chi connectivity index (χ4v) is 0.866. The van der Waals surface area contributed by atoms with Gasteiger partial charge >= 0.3 is 35.6 Å². The molecule has 1 nitrogen and oxygen atoms in total. The van der Waals surface area contributed by atoms with Crippen LogP contribution in [-0.2, 0) is 17.0 Å². The number of phenols is 1. The van der Waals surface area contributed by atoms with Crippen LogP contribution < -0.4 is 0 Å². The van der Waals surface area contributed by atoms with Gasteiger partial charge in [0.15, 0.2) is 0 Å². The van der Waals surface area contributed by atoms with Crippen LogP contribution in [-0.4, -0.2) is 5.11 Å². The van der Waals surface area contributed by atoms with Gasteiger partial charge in [-0.3, -0.25) is 0 Å². The van der Waals surface area contributed by atoms with Gasteiger partial charge in [0, 0.05) is 6.42 Å². The molecule has 0 aromatic heterocycles. The maximum absolute atomic E-state index is 8.76. The Balaban J connectivity index is 0.000000241. The van der Waals surface area contributed by atoms with Crippen LogP contribution in [0.25, 0.3) is 0 Å². The standard InChI is InChI=1S/C7H8O.C5H5.2ClH.Ti/c1-6-2-4-7(8)5-3-6;1-2-4-5-3-1;;;/h2-5,8H,1H3;1-5H;2*1H;/q;;;;+2/p-2. The van der Waals surface area contributed by atoms with Crippen molar-refractivity contribution in [1.29, 1.82) is 0 Å². The molecule has 0 amide bonds. The quantitative estimate of drug-likeness (QED) is 0.703. The van der Waals surface area contributed by atoms with Crippen LogP contribution >= 0.6 is 18.6 Å². The summed E-state index contributed by atoms with van der Waals surface area (Å²) in [6.07, 6.45) is 10.0. The monoisotopic (exact) mass is 291 g/mol. The fraction of sp³-hybridized carbons (Fsp3) is 0.0833. The molecule has 0 unspecified atom stereocenters. The SMILES string of the molecule is Cc1ccc(O)cc1.[CH]1C=CC=C1.[Cl][Ti][Cl]. The molecule has 85 valence electrons. The molecule has 1 aliphatic carbocycles. The van der Waals surface area contributed by atoms with E-state index in [-0.39, 0.29) is 0 Å². The number of allylic oxidation sites excluding steroid dienone is 4. The number of rotatable bonds is 0. The molecule has 0 bridgehead atoms. The van der Waals surface area contributed by atoms with Crippen molar-refractivity contribution in [3.8, 4) is 5.75 Å². The van der Waals surface area contributed by atoms with Gasteiger partial charge in [-0.25, -0.2) is 0 Å². The molecule has 16 heavy (non-hydrogen) atoms. The van der Waals surface area contributed by atoms with Crippen molar-refractivity contribution in [3.63, 3.8) is 0 Å². The van der Waals surface area contributed by atoms with Gasteiger partial charge in [-0.15, -0.1) is 0 Å². The van der Waals surface area contributed by atoms with Crippen LogP contribution in [0.15, 0.2) is 48.6 Å². The van der Waals surface area contributed by atoms with Gasteiger partial charge in [0.1, 0.15) is 5.75 Å². The number of hydrogen-bond donors (Lipinski definition) is 1. The Morgan fingerprint density at radius 2 is 1.38 bits per heavy atom. The van der Waals surface area contributed by atoms with Crippen LogP contribution in [0.2, 0.25) is 0 Å². The molecule has 0 fully saturated rings. The first-order valence-electron chi connectivity index (χ1n) is 4.59. The summed E-state index contributed by atoms with van der Waals surface area (Å²) in [5.41, 5.74) is 1.17. The zero-order valence-electron chi connectivity index (χ0n) is 8.90. The Kier molecular flexibility index (Phi) is 11.1. The second-order valence-electron chi connectivity index (χ2n) is 2.87. The number of benzene rings is 1. The van der Waals surface area contributed by atoms with Gasteiger partial charge < -0.3 is 5.11 Å².